The molecule has 0 radical (unpaired) electrons. The first-order valence-electron chi connectivity index (χ1n) is 7.36. The first-order valence-corrected chi connectivity index (χ1v) is 7.36. The lowest BCUT2D eigenvalue weighted by molar-refractivity contribution is -0.117. The van der Waals surface area contributed by atoms with Gasteiger partial charge in [0.1, 0.15) is 0 Å². The molecule has 1 fully saturated rings. The van der Waals surface area contributed by atoms with Gasteiger partial charge in [-0.1, -0.05) is 18.2 Å². The van der Waals surface area contributed by atoms with E-state index < -0.39 is 0 Å². The second-order valence-corrected chi connectivity index (χ2v) is 5.25. The lowest BCUT2D eigenvalue weighted by Crippen LogP contribution is -2.49. The van der Waals surface area contributed by atoms with Gasteiger partial charge in [-0.15, -0.1) is 0 Å². The van der Waals surface area contributed by atoms with Gasteiger partial charge in [-0.05, 0) is 11.6 Å². The molecule has 0 saturated carbocycles. The van der Waals surface area contributed by atoms with Crippen molar-refractivity contribution in [3.05, 3.63) is 29.8 Å². The summed E-state index contributed by atoms with van der Waals surface area (Å²) in [6, 6.07) is 7.60. The van der Waals surface area contributed by atoms with Gasteiger partial charge in [0.05, 0.1) is 13.2 Å². The Labute approximate surface area is 125 Å². The fourth-order valence-electron chi connectivity index (χ4n) is 2.53. The van der Waals surface area contributed by atoms with Crippen molar-refractivity contribution in [2.75, 3.05) is 51.2 Å². The van der Waals surface area contributed by atoms with Crippen LogP contribution >= 0.6 is 0 Å². The maximum Gasteiger partial charge on any atom is 0.238 e. The third-order valence-corrected chi connectivity index (χ3v) is 3.76. The number of nitrogens with two attached hydrogens (primary N) is 1. The summed E-state index contributed by atoms with van der Waals surface area (Å²) in [5.74, 6) is -0.00786. The number of aliphatic hydroxyl groups is 1. The number of aliphatic hydroxyl groups excluding tert-OH is 1. The molecular weight excluding hydrogens is 268 g/mol. The molecule has 0 aromatic heterocycles. The van der Waals surface area contributed by atoms with E-state index in [0.717, 1.165) is 37.4 Å². The van der Waals surface area contributed by atoms with E-state index in [9.17, 15) is 4.79 Å². The summed E-state index contributed by atoms with van der Waals surface area (Å²) < 4.78 is 0. The SMILES string of the molecule is NCc1ccccc1NC(=O)CN1CCN(CCO)CC1. The van der Waals surface area contributed by atoms with Gasteiger partial charge in [-0.25, -0.2) is 0 Å². The maximum atomic E-state index is 12.1. The molecule has 116 valence electrons. The zero-order valence-electron chi connectivity index (χ0n) is 12.3. The molecule has 6 heteroatoms. The highest BCUT2D eigenvalue weighted by molar-refractivity contribution is 5.93. The summed E-state index contributed by atoms with van der Waals surface area (Å²) in [5.41, 5.74) is 7.41. The van der Waals surface area contributed by atoms with Crippen LogP contribution in [0.5, 0.6) is 0 Å². The number of β-amino-alcohol motifs (C(OH)–C–C–N with tert-alkyl or cyclic N) is 1. The predicted molar refractivity (Wildman–Crippen MR) is 82.9 cm³/mol. The molecule has 0 aliphatic carbocycles. The number of hydrogen-bond donors (Lipinski definition) is 3. The molecule has 1 heterocycles. The van der Waals surface area contributed by atoms with E-state index in [1.165, 1.54) is 0 Å². The Kier molecular flexibility index (Phi) is 6.13. The number of piperazine rings is 1. The second-order valence-electron chi connectivity index (χ2n) is 5.25. The average molecular weight is 292 g/mol. The quantitative estimate of drug-likeness (QED) is 0.670. The number of carbonyl (C=O) groups excluding carboxylic acids is 1. The van der Waals surface area contributed by atoms with Crippen molar-refractivity contribution in [3.63, 3.8) is 0 Å². The first-order chi connectivity index (χ1) is 10.2. The van der Waals surface area contributed by atoms with Crippen molar-refractivity contribution in [1.29, 1.82) is 0 Å². The lowest BCUT2D eigenvalue weighted by Gasteiger charge is -2.33. The number of amides is 1. The molecular formula is C15H24N4O2. The summed E-state index contributed by atoms with van der Waals surface area (Å²) >= 11 is 0. The van der Waals surface area contributed by atoms with Gasteiger partial charge in [0.2, 0.25) is 5.91 Å². The highest BCUT2D eigenvalue weighted by Crippen LogP contribution is 2.14. The van der Waals surface area contributed by atoms with E-state index >= 15 is 0 Å². The van der Waals surface area contributed by atoms with Crippen LogP contribution in [0.1, 0.15) is 5.56 Å². The van der Waals surface area contributed by atoms with Crippen LogP contribution in [0, 0.1) is 0 Å². The van der Waals surface area contributed by atoms with Gasteiger partial charge in [0.25, 0.3) is 0 Å². The number of rotatable bonds is 6. The van der Waals surface area contributed by atoms with Crippen molar-refractivity contribution >= 4 is 11.6 Å². The fourth-order valence-corrected chi connectivity index (χ4v) is 2.53. The first kappa shape index (κ1) is 15.9. The largest absolute Gasteiger partial charge is 0.395 e. The molecule has 0 unspecified atom stereocenters. The van der Waals surface area contributed by atoms with Crippen LogP contribution in [-0.4, -0.2) is 66.7 Å². The molecule has 1 saturated heterocycles. The van der Waals surface area contributed by atoms with Crippen LogP contribution < -0.4 is 11.1 Å². The fraction of sp³-hybridized carbons (Fsp3) is 0.533. The third-order valence-electron chi connectivity index (χ3n) is 3.76. The van der Waals surface area contributed by atoms with Crippen molar-refractivity contribution < 1.29 is 9.90 Å². The molecule has 1 aliphatic heterocycles. The predicted octanol–water partition coefficient (Wildman–Crippen LogP) is -0.306. The molecule has 4 N–H and O–H groups in total. The molecule has 0 atom stereocenters. The van der Waals surface area contributed by atoms with E-state index in [1.54, 1.807) is 0 Å². The average Bonchev–Trinajstić information content (AvgIpc) is 2.50. The van der Waals surface area contributed by atoms with Gasteiger partial charge in [-0.2, -0.15) is 0 Å². The summed E-state index contributed by atoms with van der Waals surface area (Å²) in [5, 5.41) is 11.8. The molecule has 1 amide bonds. The van der Waals surface area contributed by atoms with Crippen LogP contribution in [0.25, 0.3) is 0 Å². The number of para-hydroxylation sites is 1. The number of nitrogens with one attached hydrogen (secondary N) is 1. The Morgan fingerprint density at radius 2 is 1.86 bits per heavy atom. The molecule has 0 spiro atoms. The molecule has 6 nitrogen and oxygen atoms in total. The summed E-state index contributed by atoms with van der Waals surface area (Å²) in [6.07, 6.45) is 0. The number of hydrogen-bond acceptors (Lipinski definition) is 5. The zero-order valence-corrected chi connectivity index (χ0v) is 12.3. The van der Waals surface area contributed by atoms with E-state index in [-0.39, 0.29) is 12.5 Å². The Balaban J connectivity index is 1.80. The lowest BCUT2D eigenvalue weighted by atomic mass is 10.2. The molecule has 1 aromatic rings. The molecule has 1 aromatic carbocycles. The second kappa shape index (κ2) is 8.09. The monoisotopic (exact) mass is 292 g/mol. The summed E-state index contributed by atoms with van der Waals surface area (Å²) in [7, 11) is 0. The van der Waals surface area contributed by atoms with Crippen LogP contribution in [0.15, 0.2) is 24.3 Å². The summed E-state index contributed by atoms with van der Waals surface area (Å²) in [4.78, 5) is 16.4. The minimum absolute atomic E-state index is 0.00786. The highest BCUT2D eigenvalue weighted by Gasteiger charge is 2.18. The maximum absolute atomic E-state index is 12.1. The number of nitrogens with zero attached hydrogens (tertiary/aromatic N) is 2. The van der Waals surface area contributed by atoms with E-state index in [0.29, 0.717) is 19.6 Å². The normalized spacial score (nSPS) is 16.9. The minimum Gasteiger partial charge on any atom is -0.395 e. The summed E-state index contributed by atoms with van der Waals surface area (Å²) in [6.45, 7) is 5.21. The highest BCUT2D eigenvalue weighted by atomic mass is 16.3. The van der Waals surface area contributed by atoms with Crippen LogP contribution in [0.2, 0.25) is 0 Å². The number of anilines is 1. The Hall–Kier alpha value is -1.47. The Bertz CT molecular complexity index is 459. The van der Waals surface area contributed by atoms with Gasteiger partial charge >= 0.3 is 0 Å². The topological polar surface area (TPSA) is 81.8 Å². The van der Waals surface area contributed by atoms with Crippen molar-refractivity contribution in [3.8, 4) is 0 Å². The van der Waals surface area contributed by atoms with Gasteiger partial charge in [-0.3, -0.25) is 14.6 Å². The van der Waals surface area contributed by atoms with Crippen molar-refractivity contribution in [1.82, 2.24) is 9.80 Å². The van der Waals surface area contributed by atoms with Crippen molar-refractivity contribution in [2.24, 2.45) is 5.73 Å². The number of benzene rings is 1. The smallest absolute Gasteiger partial charge is 0.238 e. The van der Waals surface area contributed by atoms with Crippen LogP contribution in [0.3, 0.4) is 0 Å². The van der Waals surface area contributed by atoms with Crippen LogP contribution in [0.4, 0.5) is 5.69 Å². The molecule has 2 rings (SSSR count). The zero-order chi connectivity index (χ0) is 15.1. The standard InChI is InChI=1S/C15H24N4O2/c16-11-13-3-1-2-4-14(13)17-15(21)12-19-7-5-18(6-8-19)9-10-20/h1-4,20H,5-12,16H2,(H,17,21). The molecule has 1 aliphatic rings. The van der Waals surface area contributed by atoms with Gasteiger partial charge in [0, 0.05) is 45.0 Å². The van der Waals surface area contributed by atoms with E-state index in [2.05, 4.69) is 15.1 Å². The third kappa shape index (κ3) is 4.78. The van der Waals surface area contributed by atoms with E-state index in [4.69, 9.17) is 10.8 Å². The molecule has 21 heavy (non-hydrogen) atoms. The van der Waals surface area contributed by atoms with E-state index in [1.807, 2.05) is 24.3 Å². The van der Waals surface area contributed by atoms with Crippen molar-refractivity contribution in [2.45, 2.75) is 6.54 Å². The molecule has 0 bridgehead atoms. The Morgan fingerprint density at radius 1 is 1.19 bits per heavy atom. The van der Waals surface area contributed by atoms with Gasteiger partial charge < -0.3 is 16.2 Å². The van der Waals surface area contributed by atoms with Crippen LogP contribution in [-0.2, 0) is 11.3 Å². The Morgan fingerprint density at radius 3 is 2.52 bits per heavy atom. The van der Waals surface area contributed by atoms with Gasteiger partial charge in [0.15, 0.2) is 0 Å². The number of carbonyl (C=O) groups is 1. The minimum atomic E-state index is -0.00786.